The highest BCUT2D eigenvalue weighted by Gasteiger charge is 2.20. The van der Waals surface area contributed by atoms with Crippen LogP contribution >= 0.6 is 15.9 Å². The van der Waals surface area contributed by atoms with Crippen LogP contribution in [0.4, 0.5) is 5.82 Å². The molecule has 1 aliphatic rings. The van der Waals surface area contributed by atoms with Gasteiger partial charge in [-0.2, -0.15) is 0 Å². The van der Waals surface area contributed by atoms with Crippen molar-refractivity contribution in [1.29, 1.82) is 0 Å². The second-order valence-electron chi connectivity index (χ2n) is 5.36. The number of hydrogen-bond acceptors (Lipinski definition) is 4. The van der Waals surface area contributed by atoms with E-state index < -0.39 is 0 Å². The smallest absolute Gasteiger partial charge is 0.128 e. The van der Waals surface area contributed by atoms with Crippen LogP contribution < -0.4 is 10.2 Å². The predicted molar refractivity (Wildman–Crippen MR) is 86.4 cm³/mol. The Labute approximate surface area is 130 Å². The summed E-state index contributed by atoms with van der Waals surface area (Å²) in [4.78, 5) is 7.05. The van der Waals surface area contributed by atoms with Crippen molar-refractivity contribution in [2.45, 2.75) is 19.8 Å². The van der Waals surface area contributed by atoms with Gasteiger partial charge < -0.3 is 15.0 Å². The van der Waals surface area contributed by atoms with Gasteiger partial charge in [-0.3, -0.25) is 0 Å². The Hall–Kier alpha value is -0.650. The lowest BCUT2D eigenvalue weighted by Gasteiger charge is -2.33. The van der Waals surface area contributed by atoms with Crippen LogP contribution in [-0.2, 0) is 4.74 Å². The highest BCUT2D eigenvalue weighted by molar-refractivity contribution is 9.10. The third kappa shape index (κ3) is 4.43. The molecule has 0 saturated carbocycles. The number of rotatable bonds is 6. The van der Waals surface area contributed by atoms with Crippen molar-refractivity contribution in [3.63, 3.8) is 0 Å². The van der Waals surface area contributed by atoms with Crippen LogP contribution in [0.2, 0.25) is 0 Å². The molecule has 2 rings (SSSR count). The first-order chi connectivity index (χ1) is 9.70. The molecule has 4 nitrogen and oxygen atoms in total. The highest BCUT2D eigenvalue weighted by Crippen LogP contribution is 2.24. The van der Waals surface area contributed by atoms with Gasteiger partial charge in [-0.05, 0) is 60.3 Å². The molecule has 0 aromatic carbocycles. The molecular formula is C15H24BrN3O. The molecule has 1 saturated heterocycles. The number of nitrogens with zero attached hydrogens (tertiary/aromatic N) is 2. The van der Waals surface area contributed by atoms with E-state index in [0.29, 0.717) is 0 Å². The van der Waals surface area contributed by atoms with E-state index >= 15 is 0 Å². The number of pyridine rings is 1. The average molecular weight is 342 g/mol. The maximum atomic E-state index is 5.04. The fourth-order valence-electron chi connectivity index (χ4n) is 2.55. The van der Waals surface area contributed by atoms with Gasteiger partial charge in [0.1, 0.15) is 5.82 Å². The molecule has 1 fully saturated rings. The molecule has 0 spiro atoms. The first-order valence-electron chi connectivity index (χ1n) is 7.28. The zero-order valence-electron chi connectivity index (χ0n) is 12.4. The fraction of sp³-hybridized carbons (Fsp3) is 0.667. The summed E-state index contributed by atoms with van der Waals surface area (Å²) in [5, 5.41) is 3.46. The maximum absolute atomic E-state index is 5.04. The van der Waals surface area contributed by atoms with Crippen LogP contribution in [0.3, 0.4) is 0 Å². The molecular weight excluding hydrogens is 318 g/mol. The van der Waals surface area contributed by atoms with E-state index in [0.717, 1.165) is 54.7 Å². The molecule has 1 N–H and O–H groups in total. The zero-order valence-corrected chi connectivity index (χ0v) is 13.9. The van der Waals surface area contributed by atoms with Gasteiger partial charge in [-0.25, -0.2) is 4.98 Å². The van der Waals surface area contributed by atoms with Gasteiger partial charge in [0, 0.05) is 31.2 Å². The van der Waals surface area contributed by atoms with E-state index in [1.54, 1.807) is 7.11 Å². The Balaban J connectivity index is 1.77. The van der Waals surface area contributed by atoms with Crippen molar-refractivity contribution < 1.29 is 4.74 Å². The van der Waals surface area contributed by atoms with Crippen LogP contribution in [-0.4, -0.2) is 44.9 Å². The van der Waals surface area contributed by atoms with Gasteiger partial charge in [0.2, 0.25) is 0 Å². The minimum Gasteiger partial charge on any atom is -0.383 e. The van der Waals surface area contributed by atoms with Crippen molar-refractivity contribution in [2.75, 3.05) is 44.8 Å². The molecule has 0 amide bonds. The SMILES string of the molecule is COCCNCC1CCN(c2ccc(Br)c(C)n2)CC1. The van der Waals surface area contributed by atoms with Crippen LogP contribution in [0.25, 0.3) is 0 Å². The van der Waals surface area contributed by atoms with Gasteiger partial charge in [0.25, 0.3) is 0 Å². The van der Waals surface area contributed by atoms with Crippen molar-refractivity contribution in [2.24, 2.45) is 5.92 Å². The standard InChI is InChI=1S/C15H24BrN3O/c1-12-14(16)3-4-15(18-12)19-8-5-13(6-9-19)11-17-7-10-20-2/h3-4,13,17H,5-11H2,1-2H3. The Bertz CT molecular complexity index is 420. The highest BCUT2D eigenvalue weighted by atomic mass is 79.9. The number of anilines is 1. The van der Waals surface area contributed by atoms with Crippen molar-refractivity contribution in [3.05, 3.63) is 22.3 Å². The van der Waals surface area contributed by atoms with Gasteiger partial charge in [-0.15, -0.1) is 0 Å². The van der Waals surface area contributed by atoms with E-state index in [-0.39, 0.29) is 0 Å². The molecule has 0 aliphatic carbocycles. The zero-order chi connectivity index (χ0) is 14.4. The quantitative estimate of drug-likeness (QED) is 0.807. The largest absolute Gasteiger partial charge is 0.383 e. The molecule has 1 aromatic heterocycles. The fourth-order valence-corrected chi connectivity index (χ4v) is 2.77. The van der Waals surface area contributed by atoms with E-state index in [2.05, 4.69) is 43.3 Å². The first-order valence-corrected chi connectivity index (χ1v) is 8.07. The number of halogens is 1. The summed E-state index contributed by atoms with van der Waals surface area (Å²) >= 11 is 3.50. The third-order valence-corrected chi connectivity index (χ3v) is 4.70. The van der Waals surface area contributed by atoms with Gasteiger partial charge in [-0.1, -0.05) is 0 Å². The number of methoxy groups -OCH3 is 1. The van der Waals surface area contributed by atoms with E-state index in [1.165, 1.54) is 12.8 Å². The molecule has 20 heavy (non-hydrogen) atoms. The Morgan fingerprint density at radius 1 is 1.40 bits per heavy atom. The summed E-state index contributed by atoms with van der Waals surface area (Å²) < 4.78 is 6.13. The lowest BCUT2D eigenvalue weighted by molar-refractivity contribution is 0.196. The second-order valence-corrected chi connectivity index (χ2v) is 6.22. The summed E-state index contributed by atoms with van der Waals surface area (Å²) in [5.41, 5.74) is 1.06. The summed E-state index contributed by atoms with van der Waals surface area (Å²) in [5.74, 6) is 1.89. The van der Waals surface area contributed by atoms with Crippen LogP contribution in [0.5, 0.6) is 0 Å². The molecule has 0 radical (unpaired) electrons. The topological polar surface area (TPSA) is 37.4 Å². The predicted octanol–water partition coefficient (Wildman–Crippen LogP) is 2.60. The summed E-state index contributed by atoms with van der Waals surface area (Å²) in [6.45, 7) is 7.09. The number of hydrogen-bond donors (Lipinski definition) is 1. The van der Waals surface area contributed by atoms with E-state index in [1.807, 2.05) is 6.92 Å². The van der Waals surface area contributed by atoms with Crippen LogP contribution in [0, 0.1) is 12.8 Å². The molecule has 5 heteroatoms. The number of ether oxygens (including phenoxy) is 1. The first kappa shape index (κ1) is 15.7. The number of aryl methyl sites for hydroxylation is 1. The van der Waals surface area contributed by atoms with Gasteiger partial charge in [0.15, 0.2) is 0 Å². The monoisotopic (exact) mass is 341 g/mol. The average Bonchev–Trinajstić information content (AvgIpc) is 2.47. The van der Waals surface area contributed by atoms with E-state index in [4.69, 9.17) is 4.74 Å². The molecule has 0 unspecified atom stereocenters. The maximum Gasteiger partial charge on any atom is 0.128 e. The number of piperidine rings is 1. The Morgan fingerprint density at radius 2 is 2.15 bits per heavy atom. The lowest BCUT2D eigenvalue weighted by atomic mass is 9.97. The number of aromatic nitrogens is 1. The van der Waals surface area contributed by atoms with Gasteiger partial charge >= 0.3 is 0 Å². The number of nitrogens with one attached hydrogen (secondary N) is 1. The third-order valence-electron chi connectivity index (χ3n) is 3.86. The second kappa shape index (κ2) is 7.96. The van der Waals surface area contributed by atoms with Gasteiger partial charge in [0.05, 0.1) is 12.3 Å². The Morgan fingerprint density at radius 3 is 2.80 bits per heavy atom. The molecule has 1 aliphatic heterocycles. The lowest BCUT2D eigenvalue weighted by Crippen LogP contribution is -2.38. The minimum atomic E-state index is 0.777. The molecule has 0 bridgehead atoms. The van der Waals surface area contributed by atoms with Crippen molar-refractivity contribution in [1.82, 2.24) is 10.3 Å². The normalized spacial score (nSPS) is 16.6. The molecule has 112 valence electrons. The van der Waals surface area contributed by atoms with E-state index in [9.17, 15) is 0 Å². The minimum absolute atomic E-state index is 0.777. The van der Waals surface area contributed by atoms with Crippen molar-refractivity contribution >= 4 is 21.7 Å². The van der Waals surface area contributed by atoms with Crippen LogP contribution in [0.1, 0.15) is 18.5 Å². The Kier molecular flexibility index (Phi) is 6.26. The van der Waals surface area contributed by atoms with Crippen LogP contribution in [0.15, 0.2) is 16.6 Å². The summed E-state index contributed by atoms with van der Waals surface area (Å²) in [6.07, 6.45) is 2.47. The van der Waals surface area contributed by atoms with Crippen molar-refractivity contribution in [3.8, 4) is 0 Å². The molecule has 2 heterocycles. The molecule has 1 aromatic rings. The molecule has 0 atom stereocenters. The summed E-state index contributed by atoms with van der Waals surface area (Å²) in [6, 6.07) is 4.20. The summed E-state index contributed by atoms with van der Waals surface area (Å²) in [7, 11) is 1.74.